The molecule has 1 fully saturated rings. The zero-order chi connectivity index (χ0) is 7.40. The molecule has 10 heavy (non-hydrogen) atoms. The van der Waals surface area contributed by atoms with Crippen molar-refractivity contribution >= 4 is 11.8 Å². The first-order valence-electron chi connectivity index (χ1n) is 3.48. The quantitative estimate of drug-likeness (QED) is 0.464. The zero-order valence-corrected chi connectivity index (χ0v) is 6.60. The zero-order valence-electron chi connectivity index (χ0n) is 5.78. The summed E-state index contributed by atoms with van der Waals surface area (Å²) in [5, 5.41) is 9.95. The summed E-state index contributed by atoms with van der Waals surface area (Å²) in [6, 6.07) is 0. The lowest BCUT2D eigenvalue weighted by Gasteiger charge is -2.01. The van der Waals surface area contributed by atoms with Gasteiger partial charge in [0.2, 0.25) is 6.54 Å². The molecular formula is C6H11NO2S. The second kappa shape index (κ2) is 3.81. The highest BCUT2D eigenvalue weighted by Crippen LogP contribution is 2.25. The lowest BCUT2D eigenvalue weighted by Crippen LogP contribution is -2.07. The van der Waals surface area contributed by atoms with E-state index in [9.17, 15) is 10.1 Å². The molecule has 1 saturated heterocycles. The van der Waals surface area contributed by atoms with Crippen molar-refractivity contribution in [2.24, 2.45) is 5.92 Å². The molecule has 0 N–H and O–H groups in total. The molecule has 0 amide bonds. The first-order chi connectivity index (χ1) is 4.79. The Morgan fingerprint density at radius 3 is 3.00 bits per heavy atom. The fourth-order valence-corrected chi connectivity index (χ4v) is 2.43. The van der Waals surface area contributed by atoms with E-state index in [1.165, 1.54) is 12.2 Å². The third-order valence-electron chi connectivity index (χ3n) is 1.74. The Kier molecular flexibility index (Phi) is 2.99. The molecule has 1 heterocycles. The van der Waals surface area contributed by atoms with E-state index >= 15 is 0 Å². The van der Waals surface area contributed by atoms with Crippen LogP contribution in [0.1, 0.15) is 12.8 Å². The fourth-order valence-electron chi connectivity index (χ4n) is 1.10. The van der Waals surface area contributed by atoms with Crippen molar-refractivity contribution in [2.75, 3.05) is 18.1 Å². The molecule has 1 atom stereocenters. The summed E-state index contributed by atoms with van der Waals surface area (Å²) < 4.78 is 0. The average molecular weight is 161 g/mol. The minimum absolute atomic E-state index is 0.158. The van der Waals surface area contributed by atoms with Gasteiger partial charge in [0.1, 0.15) is 0 Å². The molecule has 1 aliphatic heterocycles. The van der Waals surface area contributed by atoms with Crippen molar-refractivity contribution in [3.05, 3.63) is 10.1 Å². The van der Waals surface area contributed by atoms with E-state index < -0.39 is 0 Å². The summed E-state index contributed by atoms with van der Waals surface area (Å²) in [5.41, 5.74) is 0. The van der Waals surface area contributed by atoms with E-state index in [4.69, 9.17) is 0 Å². The highest BCUT2D eigenvalue weighted by molar-refractivity contribution is 7.99. The predicted octanol–water partition coefficient (Wildman–Crippen LogP) is 1.41. The lowest BCUT2D eigenvalue weighted by atomic mass is 10.1. The van der Waals surface area contributed by atoms with Crippen LogP contribution < -0.4 is 0 Å². The van der Waals surface area contributed by atoms with E-state index in [-0.39, 0.29) is 11.5 Å². The minimum Gasteiger partial charge on any atom is -0.265 e. The van der Waals surface area contributed by atoms with Gasteiger partial charge in [0.25, 0.3) is 0 Å². The van der Waals surface area contributed by atoms with Gasteiger partial charge in [-0.3, -0.25) is 10.1 Å². The van der Waals surface area contributed by atoms with Gasteiger partial charge in [-0.05, 0) is 23.8 Å². The first kappa shape index (κ1) is 7.85. The van der Waals surface area contributed by atoms with Crippen molar-refractivity contribution in [2.45, 2.75) is 12.8 Å². The van der Waals surface area contributed by atoms with Crippen LogP contribution in [0.25, 0.3) is 0 Å². The molecule has 0 aromatic carbocycles. The van der Waals surface area contributed by atoms with E-state index in [0.717, 1.165) is 12.2 Å². The summed E-state index contributed by atoms with van der Waals surface area (Å²) in [5.74, 6) is 2.95. The maximum absolute atomic E-state index is 9.95. The smallest absolute Gasteiger partial charge is 0.204 e. The largest absolute Gasteiger partial charge is 0.265 e. The molecule has 58 valence electrons. The third-order valence-corrected chi connectivity index (χ3v) is 2.98. The molecule has 0 aliphatic carbocycles. The Morgan fingerprint density at radius 1 is 1.70 bits per heavy atom. The van der Waals surface area contributed by atoms with Crippen molar-refractivity contribution in [1.29, 1.82) is 0 Å². The van der Waals surface area contributed by atoms with Crippen LogP contribution in [-0.2, 0) is 0 Å². The molecule has 1 aliphatic rings. The molecule has 1 rings (SSSR count). The van der Waals surface area contributed by atoms with Crippen LogP contribution in [0.15, 0.2) is 0 Å². The van der Waals surface area contributed by atoms with Crippen LogP contribution in [0.4, 0.5) is 0 Å². The third kappa shape index (κ3) is 2.56. The Labute approximate surface area is 64.3 Å². The summed E-state index contributed by atoms with van der Waals surface area (Å²) in [7, 11) is 0. The summed E-state index contributed by atoms with van der Waals surface area (Å²) in [4.78, 5) is 9.74. The first-order valence-corrected chi connectivity index (χ1v) is 4.64. The monoisotopic (exact) mass is 161 g/mol. The van der Waals surface area contributed by atoms with Crippen LogP contribution in [0, 0.1) is 16.0 Å². The summed E-state index contributed by atoms with van der Waals surface area (Å²) in [6.45, 7) is 0.158. The number of nitrogens with zero attached hydrogens (tertiary/aromatic N) is 1. The molecule has 0 spiro atoms. The minimum atomic E-state index is -0.219. The summed E-state index contributed by atoms with van der Waals surface area (Å²) in [6.07, 6.45) is 1.96. The highest BCUT2D eigenvalue weighted by atomic mass is 32.2. The molecule has 0 aromatic rings. The van der Waals surface area contributed by atoms with Gasteiger partial charge in [0.05, 0.1) is 0 Å². The molecule has 0 bridgehead atoms. The van der Waals surface area contributed by atoms with Crippen LogP contribution in [-0.4, -0.2) is 23.0 Å². The van der Waals surface area contributed by atoms with Crippen molar-refractivity contribution in [1.82, 2.24) is 0 Å². The Hall–Kier alpha value is -0.250. The Balaban J connectivity index is 2.07. The highest BCUT2D eigenvalue weighted by Gasteiger charge is 2.16. The Morgan fingerprint density at radius 2 is 2.50 bits per heavy atom. The van der Waals surface area contributed by atoms with Crippen LogP contribution in [0.3, 0.4) is 0 Å². The second-order valence-electron chi connectivity index (χ2n) is 2.57. The van der Waals surface area contributed by atoms with Crippen LogP contribution in [0.5, 0.6) is 0 Å². The normalized spacial score (nSPS) is 25.0. The molecule has 3 nitrogen and oxygen atoms in total. The van der Waals surface area contributed by atoms with Gasteiger partial charge in [0.15, 0.2) is 0 Å². The number of hydrogen-bond acceptors (Lipinski definition) is 3. The van der Waals surface area contributed by atoms with Crippen molar-refractivity contribution in [3.63, 3.8) is 0 Å². The van der Waals surface area contributed by atoms with Gasteiger partial charge >= 0.3 is 0 Å². The fraction of sp³-hybridized carbons (Fsp3) is 1.00. The number of nitro groups is 1. The topological polar surface area (TPSA) is 43.1 Å². The molecule has 0 radical (unpaired) electrons. The molecule has 0 aromatic heterocycles. The molecular weight excluding hydrogens is 150 g/mol. The Bertz CT molecular complexity index is 123. The van der Waals surface area contributed by atoms with Crippen LogP contribution >= 0.6 is 11.8 Å². The summed E-state index contributed by atoms with van der Waals surface area (Å²) >= 11 is 1.91. The molecule has 0 saturated carbocycles. The van der Waals surface area contributed by atoms with Crippen LogP contribution in [0.2, 0.25) is 0 Å². The van der Waals surface area contributed by atoms with Gasteiger partial charge < -0.3 is 0 Å². The van der Waals surface area contributed by atoms with Gasteiger partial charge in [-0.25, -0.2) is 0 Å². The van der Waals surface area contributed by atoms with Gasteiger partial charge in [-0.15, -0.1) is 0 Å². The number of rotatable bonds is 3. The standard InChI is InChI=1S/C6H11NO2S/c8-7(9)3-1-6-2-4-10-5-6/h6H,1-5H2. The number of thioether (sulfide) groups is 1. The second-order valence-corrected chi connectivity index (χ2v) is 3.72. The van der Waals surface area contributed by atoms with E-state index in [2.05, 4.69) is 0 Å². The van der Waals surface area contributed by atoms with E-state index in [1.54, 1.807) is 0 Å². The lowest BCUT2D eigenvalue weighted by molar-refractivity contribution is -0.481. The predicted molar refractivity (Wildman–Crippen MR) is 41.9 cm³/mol. The average Bonchev–Trinajstić information content (AvgIpc) is 2.34. The van der Waals surface area contributed by atoms with Gasteiger partial charge in [-0.1, -0.05) is 0 Å². The molecule has 4 heteroatoms. The van der Waals surface area contributed by atoms with Crippen molar-refractivity contribution < 1.29 is 4.92 Å². The van der Waals surface area contributed by atoms with Gasteiger partial charge in [0, 0.05) is 11.3 Å². The molecule has 1 unspecified atom stereocenters. The maximum atomic E-state index is 9.95. The van der Waals surface area contributed by atoms with Crippen molar-refractivity contribution in [3.8, 4) is 0 Å². The number of hydrogen-bond donors (Lipinski definition) is 0. The SMILES string of the molecule is O=[N+]([O-])CCC1CCSC1. The maximum Gasteiger partial charge on any atom is 0.204 e. The van der Waals surface area contributed by atoms with E-state index in [0.29, 0.717) is 5.92 Å². The van der Waals surface area contributed by atoms with E-state index in [1.807, 2.05) is 11.8 Å². The van der Waals surface area contributed by atoms with Gasteiger partial charge in [-0.2, -0.15) is 11.8 Å².